The first-order chi connectivity index (χ1) is 9.61. The number of benzene rings is 1. The molecule has 0 aromatic heterocycles. The topological polar surface area (TPSA) is 12.0 Å². The van der Waals surface area contributed by atoms with E-state index in [1.54, 1.807) is 7.05 Å². The van der Waals surface area contributed by atoms with E-state index in [-0.39, 0.29) is 12.8 Å². The van der Waals surface area contributed by atoms with Gasteiger partial charge >= 0.3 is 12.4 Å². The highest BCUT2D eigenvalue weighted by molar-refractivity contribution is 7.97. The number of rotatable bonds is 6. The first-order valence-corrected chi connectivity index (χ1v) is 7.01. The molecular weight excluding hydrogens is 316 g/mol. The molecule has 0 atom stereocenters. The molecule has 0 saturated carbocycles. The van der Waals surface area contributed by atoms with Gasteiger partial charge in [0, 0.05) is 17.7 Å². The summed E-state index contributed by atoms with van der Waals surface area (Å²) in [5.41, 5.74) is 0.934. The third-order valence-corrected chi connectivity index (χ3v) is 3.52. The normalized spacial score (nSPS) is 12.7. The largest absolute Gasteiger partial charge is 0.389 e. The van der Waals surface area contributed by atoms with E-state index in [1.807, 2.05) is 0 Å². The van der Waals surface area contributed by atoms with Crippen LogP contribution in [0, 0.1) is 0 Å². The number of hydrogen-bond donors (Lipinski definition) is 1. The van der Waals surface area contributed by atoms with Crippen molar-refractivity contribution in [2.75, 3.05) is 7.05 Å². The second-order valence-corrected chi connectivity index (χ2v) is 5.53. The van der Waals surface area contributed by atoms with E-state index < -0.39 is 25.2 Å². The summed E-state index contributed by atoms with van der Waals surface area (Å²) in [4.78, 5) is 0.529. The van der Waals surface area contributed by atoms with Gasteiger partial charge in [0.1, 0.15) is 0 Å². The van der Waals surface area contributed by atoms with Crippen molar-refractivity contribution in [3.63, 3.8) is 0 Å². The number of halogens is 6. The lowest BCUT2D eigenvalue weighted by Gasteiger charge is -2.13. The van der Waals surface area contributed by atoms with Gasteiger partial charge in [-0.15, -0.1) is 0 Å². The number of aryl methyl sites for hydroxylation is 2. The van der Waals surface area contributed by atoms with Crippen LogP contribution in [0.1, 0.15) is 24.0 Å². The average molecular weight is 331 g/mol. The highest BCUT2D eigenvalue weighted by atomic mass is 32.2. The lowest BCUT2D eigenvalue weighted by atomic mass is 10.0. The molecule has 1 N–H and O–H groups in total. The summed E-state index contributed by atoms with van der Waals surface area (Å²) in [5.74, 6) is 0. The monoisotopic (exact) mass is 331 g/mol. The summed E-state index contributed by atoms with van der Waals surface area (Å²) in [6.45, 7) is 0. The van der Waals surface area contributed by atoms with Gasteiger partial charge in [0.2, 0.25) is 0 Å². The Kier molecular flexibility index (Phi) is 6.40. The molecule has 1 rings (SSSR count). The maximum atomic E-state index is 12.2. The smallest absolute Gasteiger partial charge is 0.263 e. The Morgan fingerprint density at radius 3 is 2.05 bits per heavy atom. The van der Waals surface area contributed by atoms with Crippen molar-refractivity contribution in [1.29, 1.82) is 0 Å². The van der Waals surface area contributed by atoms with Crippen LogP contribution in [0.3, 0.4) is 0 Å². The molecule has 0 saturated heterocycles. The van der Waals surface area contributed by atoms with Gasteiger partial charge in [0.05, 0.1) is 0 Å². The van der Waals surface area contributed by atoms with Crippen molar-refractivity contribution in [2.45, 2.75) is 42.9 Å². The van der Waals surface area contributed by atoms with Crippen LogP contribution in [0.2, 0.25) is 0 Å². The zero-order chi connectivity index (χ0) is 16.1. The van der Waals surface area contributed by atoms with E-state index in [0.717, 1.165) is 11.9 Å². The van der Waals surface area contributed by atoms with Gasteiger partial charge in [-0.05, 0) is 49.0 Å². The third-order valence-electron chi connectivity index (χ3n) is 2.72. The number of hydrogen-bond acceptors (Lipinski definition) is 2. The third kappa shape index (κ3) is 7.61. The first-order valence-electron chi connectivity index (χ1n) is 6.19. The molecule has 1 aromatic rings. The fourth-order valence-electron chi connectivity index (χ4n) is 1.73. The Morgan fingerprint density at radius 1 is 0.952 bits per heavy atom. The lowest BCUT2D eigenvalue weighted by Crippen LogP contribution is -2.10. The summed E-state index contributed by atoms with van der Waals surface area (Å²) >= 11 is 1.10. The van der Waals surface area contributed by atoms with E-state index in [2.05, 4.69) is 4.72 Å². The van der Waals surface area contributed by atoms with Crippen molar-refractivity contribution < 1.29 is 26.3 Å². The quantitative estimate of drug-likeness (QED) is 0.587. The molecule has 0 spiro atoms. The summed E-state index contributed by atoms with van der Waals surface area (Å²) < 4.78 is 76.0. The summed E-state index contributed by atoms with van der Waals surface area (Å²) in [7, 11) is 1.60. The van der Waals surface area contributed by atoms with Crippen LogP contribution >= 0.6 is 11.9 Å². The average Bonchev–Trinajstić information content (AvgIpc) is 2.33. The predicted molar refractivity (Wildman–Crippen MR) is 70.1 cm³/mol. The highest BCUT2D eigenvalue weighted by Crippen LogP contribution is 2.29. The van der Waals surface area contributed by atoms with Gasteiger partial charge in [0.15, 0.2) is 0 Å². The Morgan fingerprint density at radius 2 is 1.52 bits per heavy atom. The van der Waals surface area contributed by atoms with Gasteiger partial charge in [-0.2, -0.15) is 26.3 Å². The maximum absolute atomic E-state index is 12.2. The molecule has 0 aliphatic rings. The zero-order valence-electron chi connectivity index (χ0n) is 11.2. The van der Waals surface area contributed by atoms with E-state index in [9.17, 15) is 26.3 Å². The molecule has 1 nitrogen and oxygen atoms in total. The molecule has 0 radical (unpaired) electrons. The highest BCUT2D eigenvalue weighted by Gasteiger charge is 2.28. The minimum atomic E-state index is -4.25. The van der Waals surface area contributed by atoms with Crippen molar-refractivity contribution in [3.8, 4) is 0 Å². The van der Waals surface area contributed by atoms with Crippen LogP contribution < -0.4 is 4.72 Å². The van der Waals surface area contributed by atoms with Crippen LogP contribution in [0.5, 0.6) is 0 Å². The van der Waals surface area contributed by atoms with E-state index >= 15 is 0 Å². The van der Waals surface area contributed by atoms with Gasteiger partial charge < -0.3 is 0 Å². The van der Waals surface area contributed by atoms with Crippen molar-refractivity contribution >= 4 is 11.9 Å². The maximum Gasteiger partial charge on any atom is 0.389 e. The number of nitrogens with one attached hydrogen (secondary N) is 1. The fraction of sp³-hybridized carbons (Fsp3) is 0.538. The zero-order valence-corrected chi connectivity index (χ0v) is 12.1. The SMILES string of the molecule is CNSc1cc(CCC(F)(F)F)ccc1CCC(F)(F)F. The molecule has 0 heterocycles. The molecule has 0 unspecified atom stereocenters. The molecule has 0 aliphatic heterocycles. The Balaban J connectivity index is 2.81. The van der Waals surface area contributed by atoms with Crippen LogP contribution in [0.4, 0.5) is 26.3 Å². The van der Waals surface area contributed by atoms with Crippen LogP contribution in [-0.4, -0.2) is 19.4 Å². The molecule has 8 heteroatoms. The molecule has 0 amide bonds. The van der Waals surface area contributed by atoms with E-state index in [4.69, 9.17) is 0 Å². The van der Waals surface area contributed by atoms with Crippen LogP contribution in [-0.2, 0) is 12.8 Å². The summed E-state index contributed by atoms with van der Waals surface area (Å²) in [6.07, 6.45) is -10.8. The second kappa shape index (κ2) is 7.40. The van der Waals surface area contributed by atoms with Crippen LogP contribution in [0.25, 0.3) is 0 Å². The summed E-state index contributed by atoms with van der Waals surface area (Å²) in [6, 6.07) is 4.44. The minimum absolute atomic E-state index is 0.180. The number of alkyl halides is 6. The van der Waals surface area contributed by atoms with Crippen molar-refractivity contribution in [3.05, 3.63) is 29.3 Å². The van der Waals surface area contributed by atoms with Crippen LogP contribution in [0.15, 0.2) is 23.1 Å². The van der Waals surface area contributed by atoms with Gasteiger partial charge in [-0.25, -0.2) is 0 Å². The second-order valence-electron chi connectivity index (χ2n) is 4.48. The van der Waals surface area contributed by atoms with Gasteiger partial charge in [0.25, 0.3) is 0 Å². The van der Waals surface area contributed by atoms with E-state index in [1.165, 1.54) is 18.2 Å². The fourth-order valence-corrected chi connectivity index (χ4v) is 2.46. The van der Waals surface area contributed by atoms with Gasteiger partial charge in [-0.3, -0.25) is 4.72 Å². The molecule has 0 aliphatic carbocycles. The Hall–Kier alpha value is -0.890. The van der Waals surface area contributed by atoms with Gasteiger partial charge in [-0.1, -0.05) is 12.1 Å². The Labute approximate surface area is 123 Å². The standard InChI is InChI=1S/C13H15F6NS/c1-20-21-11-8-9(4-6-12(14,15)16)2-3-10(11)5-7-13(17,18)19/h2-3,8,20H,4-7H2,1H3. The van der Waals surface area contributed by atoms with Crippen molar-refractivity contribution in [2.24, 2.45) is 0 Å². The van der Waals surface area contributed by atoms with E-state index in [0.29, 0.717) is 16.0 Å². The molecule has 1 aromatic carbocycles. The lowest BCUT2D eigenvalue weighted by molar-refractivity contribution is -0.135. The first kappa shape index (κ1) is 18.2. The molecule has 120 valence electrons. The minimum Gasteiger partial charge on any atom is -0.263 e. The molecule has 21 heavy (non-hydrogen) atoms. The molecule has 0 fully saturated rings. The summed E-state index contributed by atoms with van der Waals surface area (Å²) in [5, 5.41) is 0. The predicted octanol–water partition coefficient (Wildman–Crippen LogP) is 4.90. The Bertz CT molecular complexity index is 455. The molecule has 0 bridgehead atoms. The molecular formula is C13H15F6NS. The van der Waals surface area contributed by atoms with Crippen molar-refractivity contribution in [1.82, 2.24) is 4.72 Å².